The van der Waals surface area contributed by atoms with E-state index in [0.717, 1.165) is 41.4 Å². The van der Waals surface area contributed by atoms with Crippen LogP contribution in [-0.4, -0.2) is 56.1 Å². The first kappa shape index (κ1) is 23.5. The number of nitrogens with zero attached hydrogens (tertiary/aromatic N) is 5. The minimum Gasteiger partial charge on any atom is -0.364 e. The highest BCUT2D eigenvalue weighted by atomic mass is 16.2. The van der Waals surface area contributed by atoms with E-state index in [9.17, 15) is 9.59 Å². The molecule has 9 nitrogen and oxygen atoms in total. The third kappa shape index (κ3) is 5.51. The van der Waals surface area contributed by atoms with Crippen molar-refractivity contribution in [3.63, 3.8) is 0 Å². The molecular formula is C27H29N7O2. The van der Waals surface area contributed by atoms with E-state index in [0.29, 0.717) is 37.7 Å². The lowest BCUT2D eigenvalue weighted by Crippen LogP contribution is -2.31. The third-order valence-corrected chi connectivity index (χ3v) is 6.34. The predicted molar refractivity (Wildman–Crippen MR) is 138 cm³/mol. The maximum absolute atomic E-state index is 12.7. The maximum atomic E-state index is 12.7. The van der Waals surface area contributed by atoms with Gasteiger partial charge < -0.3 is 15.5 Å². The Hall–Kier alpha value is -4.27. The quantitative estimate of drug-likeness (QED) is 0.336. The highest BCUT2D eigenvalue weighted by molar-refractivity contribution is 5.90. The van der Waals surface area contributed by atoms with Gasteiger partial charge in [-0.15, -0.1) is 10.2 Å². The summed E-state index contributed by atoms with van der Waals surface area (Å²) < 4.78 is 1.97. The van der Waals surface area contributed by atoms with E-state index in [2.05, 4.69) is 25.8 Å². The highest BCUT2D eigenvalue weighted by Crippen LogP contribution is 2.24. The lowest BCUT2D eigenvalue weighted by atomic mass is 10.1. The Morgan fingerprint density at radius 2 is 1.97 bits per heavy atom. The van der Waals surface area contributed by atoms with Crippen LogP contribution in [0.4, 0.5) is 5.82 Å². The molecule has 1 fully saturated rings. The number of aromatic nitrogens is 4. The van der Waals surface area contributed by atoms with Gasteiger partial charge >= 0.3 is 0 Å². The van der Waals surface area contributed by atoms with Gasteiger partial charge in [-0.25, -0.2) is 0 Å². The van der Waals surface area contributed by atoms with Crippen molar-refractivity contribution in [2.75, 3.05) is 25.0 Å². The Balaban J connectivity index is 1.22. The Morgan fingerprint density at radius 1 is 1.06 bits per heavy atom. The molecule has 184 valence electrons. The number of benzene rings is 1. The van der Waals surface area contributed by atoms with E-state index in [1.807, 2.05) is 70.4 Å². The standard InChI is InChI=1S/C27H29N7O2/c35-26(29-13-5-15-33-14-4-9-27(33)36)16-21-19-34(23-8-2-1-7-22(21)23)25-11-10-24(31-32-25)30-18-20-6-3-12-28-17-20/h1-3,6-8,10-12,17,19H,4-5,9,13-16,18H2,(H,29,35)(H,30,31). The molecule has 1 aliphatic rings. The van der Waals surface area contributed by atoms with Crippen LogP contribution in [-0.2, 0) is 22.6 Å². The van der Waals surface area contributed by atoms with Crippen molar-refractivity contribution in [3.05, 3.63) is 78.2 Å². The topological polar surface area (TPSA) is 105 Å². The summed E-state index contributed by atoms with van der Waals surface area (Å²) >= 11 is 0. The summed E-state index contributed by atoms with van der Waals surface area (Å²) in [7, 11) is 0. The SMILES string of the molecule is O=C(Cc1cn(-c2ccc(NCc3cccnc3)nn2)c2ccccc12)NCCCN1CCCC1=O. The summed E-state index contributed by atoms with van der Waals surface area (Å²) in [5, 5.41) is 16.0. The third-order valence-electron chi connectivity index (χ3n) is 6.34. The van der Waals surface area contributed by atoms with E-state index in [-0.39, 0.29) is 18.2 Å². The van der Waals surface area contributed by atoms with Crippen molar-refractivity contribution < 1.29 is 9.59 Å². The molecule has 0 bridgehead atoms. The molecule has 0 saturated carbocycles. The second kappa shape index (κ2) is 11.0. The van der Waals surface area contributed by atoms with Gasteiger partial charge in [0.1, 0.15) is 5.82 Å². The van der Waals surface area contributed by atoms with Gasteiger partial charge in [-0.3, -0.25) is 19.1 Å². The molecule has 0 unspecified atom stereocenters. The number of rotatable bonds is 10. The average Bonchev–Trinajstić information content (AvgIpc) is 3.49. The molecule has 2 amide bonds. The monoisotopic (exact) mass is 483 g/mol. The number of nitrogens with one attached hydrogen (secondary N) is 2. The lowest BCUT2D eigenvalue weighted by Gasteiger charge is -2.15. The zero-order valence-electron chi connectivity index (χ0n) is 20.1. The Kier molecular flexibility index (Phi) is 7.16. The molecule has 1 aliphatic heterocycles. The average molecular weight is 484 g/mol. The van der Waals surface area contributed by atoms with Crippen molar-refractivity contribution in [2.24, 2.45) is 0 Å². The number of anilines is 1. The number of amides is 2. The maximum Gasteiger partial charge on any atom is 0.224 e. The van der Waals surface area contributed by atoms with Crippen molar-refractivity contribution in [1.82, 2.24) is 30.0 Å². The number of likely N-dealkylation sites (tertiary alicyclic amines) is 1. The predicted octanol–water partition coefficient (Wildman–Crippen LogP) is 3.10. The van der Waals surface area contributed by atoms with Crippen LogP contribution in [0.25, 0.3) is 16.7 Å². The number of hydrogen-bond donors (Lipinski definition) is 2. The van der Waals surface area contributed by atoms with E-state index in [1.165, 1.54) is 0 Å². The Labute approximate surface area is 209 Å². The summed E-state index contributed by atoms with van der Waals surface area (Å²) in [6.45, 7) is 2.70. The first-order valence-electron chi connectivity index (χ1n) is 12.3. The molecule has 1 aromatic carbocycles. The molecule has 0 atom stereocenters. The van der Waals surface area contributed by atoms with Gasteiger partial charge in [0.2, 0.25) is 11.8 Å². The molecule has 0 radical (unpaired) electrons. The molecule has 4 heterocycles. The molecule has 5 rings (SSSR count). The first-order chi connectivity index (χ1) is 17.7. The summed E-state index contributed by atoms with van der Waals surface area (Å²) in [5.74, 6) is 1.54. The highest BCUT2D eigenvalue weighted by Gasteiger charge is 2.19. The number of carbonyl (C=O) groups excluding carboxylic acids is 2. The molecule has 3 aromatic heterocycles. The van der Waals surface area contributed by atoms with Gasteiger partial charge in [-0.05, 0) is 48.2 Å². The summed E-state index contributed by atoms with van der Waals surface area (Å²) in [6, 6.07) is 15.7. The van der Waals surface area contributed by atoms with Gasteiger partial charge in [0.25, 0.3) is 0 Å². The molecule has 36 heavy (non-hydrogen) atoms. The van der Waals surface area contributed by atoms with E-state index in [1.54, 1.807) is 6.20 Å². The van der Waals surface area contributed by atoms with E-state index < -0.39 is 0 Å². The van der Waals surface area contributed by atoms with Crippen molar-refractivity contribution in [2.45, 2.75) is 32.2 Å². The Morgan fingerprint density at radius 3 is 2.75 bits per heavy atom. The smallest absolute Gasteiger partial charge is 0.224 e. The fraction of sp³-hybridized carbons (Fsp3) is 0.296. The number of fused-ring (bicyclic) bond motifs is 1. The second-order valence-electron chi connectivity index (χ2n) is 8.90. The molecule has 0 aliphatic carbocycles. The van der Waals surface area contributed by atoms with Gasteiger partial charge in [-0.2, -0.15) is 0 Å². The second-order valence-corrected chi connectivity index (χ2v) is 8.90. The largest absolute Gasteiger partial charge is 0.364 e. The van der Waals surface area contributed by atoms with Crippen LogP contribution in [0.1, 0.15) is 30.4 Å². The minimum absolute atomic E-state index is 0.0355. The van der Waals surface area contributed by atoms with Gasteiger partial charge in [0, 0.05) is 56.6 Å². The zero-order chi connectivity index (χ0) is 24.7. The van der Waals surface area contributed by atoms with Crippen LogP contribution in [0.5, 0.6) is 0 Å². The normalized spacial score (nSPS) is 13.3. The summed E-state index contributed by atoms with van der Waals surface area (Å²) in [4.78, 5) is 30.4. The summed E-state index contributed by atoms with van der Waals surface area (Å²) in [6.07, 6.45) is 8.13. The van der Waals surface area contributed by atoms with Crippen LogP contribution >= 0.6 is 0 Å². The van der Waals surface area contributed by atoms with Crippen LogP contribution in [0, 0.1) is 0 Å². The number of pyridine rings is 1. The van der Waals surface area contributed by atoms with Gasteiger partial charge in [0.05, 0.1) is 11.9 Å². The fourth-order valence-corrected chi connectivity index (χ4v) is 4.50. The van der Waals surface area contributed by atoms with E-state index in [4.69, 9.17) is 0 Å². The fourth-order valence-electron chi connectivity index (χ4n) is 4.50. The number of hydrogen-bond acceptors (Lipinski definition) is 6. The number of carbonyl (C=O) groups is 2. The van der Waals surface area contributed by atoms with Crippen LogP contribution in [0.15, 0.2) is 67.1 Å². The van der Waals surface area contributed by atoms with Crippen molar-refractivity contribution in [3.8, 4) is 5.82 Å². The van der Waals surface area contributed by atoms with Crippen LogP contribution in [0.3, 0.4) is 0 Å². The zero-order valence-corrected chi connectivity index (χ0v) is 20.1. The number of para-hydroxylation sites is 1. The molecule has 0 spiro atoms. The Bertz CT molecular complexity index is 1340. The molecule has 9 heteroatoms. The van der Waals surface area contributed by atoms with E-state index >= 15 is 0 Å². The minimum atomic E-state index is -0.0355. The molecular weight excluding hydrogens is 454 g/mol. The molecule has 1 saturated heterocycles. The van der Waals surface area contributed by atoms with Gasteiger partial charge in [0.15, 0.2) is 5.82 Å². The molecule has 2 N–H and O–H groups in total. The molecule has 4 aromatic rings. The van der Waals surface area contributed by atoms with Crippen molar-refractivity contribution >= 4 is 28.5 Å². The van der Waals surface area contributed by atoms with Crippen molar-refractivity contribution in [1.29, 1.82) is 0 Å². The van der Waals surface area contributed by atoms with Gasteiger partial charge in [-0.1, -0.05) is 24.3 Å². The lowest BCUT2D eigenvalue weighted by molar-refractivity contribution is -0.127. The summed E-state index contributed by atoms with van der Waals surface area (Å²) in [5.41, 5.74) is 2.96. The van der Waals surface area contributed by atoms with Crippen LogP contribution in [0.2, 0.25) is 0 Å². The first-order valence-corrected chi connectivity index (χ1v) is 12.3. The van der Waals surface area contributed by atoms with Crippen LogP contribution < -0.4 is 10.6 Å².